The molecule has 0 spiro atoms. The first-order valence-electron chi connectivity index (χ1n) is 6.35. The molecule has 0 unspecified atom stereocenters. The molecule has 0 bridgehead atoms. The summed E-state index contributed by atoms with van der Waals surface area (Å²) in [7, 11) is -2.23. The molecule has 22 heavy (non-hydrogen) atoms. The number of benzene rings is 1. The Hall–Kier alpha value is -1.93. The zero-order valence-electron chi connectivity index (χ0n) is 11.8. The van der Waals surface area contributed by atoms with E-state index in [1.807, 2.05) is 0 Å². The van der Waals surface area contributed by atoms with Crippen molar-refractivity contribution >= 4 is 27.4 Å². The molecule has 0 aliphatic heterocycles. The number of carbonyl (C=O) groups is 1. The van der Waals surface area contributed by atoms with E-state index in [1.165, 1.54) is 30.1 Å². The molecule has 2 rings (SSSR count). The molecule has 118 valence electrons. The minimum absolute atomic E-state index is 0.0687. The van der Waals surface area contributed by atoms with Crippen molar-refractivity contribution in [2.75, 3.05) is 12.9 Å². The minimum atomic E-state index is -3.51. The maximum absolute atomic E-state index is 12.2. The fraction of sp³-hybridized carbons (Fsp3) is 0.308. The number of methoxy groups -OCH3 is 1. The molecule has 0 atom stereocenters. The van der Waals surface area contributed by atoms with Crippen LogP contribution in [0.15, 0.2) is 35.4 Å². The predicted molar refractivity (Wildman–Crippen MR) is 79.2 cm³/mol. The van der Waals surface area contributed by atoms with Crippen molar-refractivity contribution in [1.29, 1.82) is 0 Å². The maximum atomic E-state index is 12.2. The van der Waals surface area contributed by atoms with Crippen LogP contribution in [0.25, 0.3) is 0 Å². The Kier molecular flexibility index (Phi) is 5.15. The molecular formula is C13H14ClN3O4S. The van der Waals surface area contributed by atoms with E-state index in [1.54, 1.807) is 12.1 Å². The second-order valence-electron chi connectivity index (χ2n) is 4.48. The number of halogens is 1. The highest BCUT2D eigenvalue weighted by Crippen LogP contribution is 2.22. The maximum Gasteiger partial charge on any atom is 0.327 e. The summed E-state index contributed by atoms with van der Waals surface area (Å²) in [6.07, 6.45) is 1.69. The quantitative estimate of drug-likeness (QED) is 0.730. The van der Waals surface area contributed by atoms with E-state index in [0.717, 1.165) is 0 Å². The lowest BCUT2D eigenvalue weighted by Crippen LogP contribution is -2.12. The molecule has 1 aromatic carbocycles. The molecule has 0 radical (unpaired) electrons. The molecule has 0 aliphatic carbocycles. The molecule has 7 nitrogen and oxygen atoms in total. The van der Waals surface area contributed by atoms with Gasteiger partial charge in [-0.05, 0) is 12.1 Å². The molecule has 1 aromatic heterocycles. The Labute approximate surface area is 132 Å². The lowest BCUT2D eigenvalue weighted by atomic mass is 10.4. The molecule has 0 saturated heterocycles. The normalized spacial score (nSPS) is 11.4. The SMILES string of the molecule is COC(=O)Cn1cc(CCS(=O)(=O)c2ccccc2Cl)nn1. The van der Waals surface area contributed by atoms with Crippen molar-refractivity contribution < 1.29 is 17.9 Å². The molecule has 0 N–H and O–H groups in total. The van der Waals surface area contributed by atoms with Gasteiger partial charge in [0.25, 0.3) is 0 Å². The summed E-state index contributed by atoms with van der Waals surface area (Å²) in [5.41, 5.74) is 0.472. The average Bonchev–Trinajstić information content (AvgIpc) is 2.93. The first-order chi connectivity index (χ1) is 10.4. The first kappa shape index (κ1) is 16.4. The van der Waals surface area contributed by atoms with Crippen molar-refractivity contribution in [1.82, 2.24) is 15.0 Å². The van der Waals surface area contributed by atoms with E-state index in [4.69, 9.17) is 11.6 Å². The monoisotopic (exact) mass is 343 g/mol. The Morgan fingerprint density at radius 2 is 2.09 bits per heavy atom. The highest BCUT2D eigenvalue weighted by Gasteiger charge is 2.18. The molecule has 1 heterocycles. The molecule has 9 heteroatoms. The van der Waals surface area contributed by atoms with Crippen LogP contribution >= 0.6 is 11.6 Å². The number of nitrogens with zero attached hydrogens (tertiary/aromatic N) is 3. The molecular weight excluding hydrogens is 330 g/mol. The number of esters is 1. The third-order valence-corrected chi connectivity index (χ3v) is 5.11. The van der Waals surface area contributed by atoms with E-state index in [-0.39, 0.29) is 28.6 Å². The summed E-state index contributed by atoms with van der Waals surface area (Å²) >= 11 is 5.91. The second-order valence-corrected chi connectivity index (χ2v) is 6.97. The number of hydrogen-bond acceptors (Lipinski definition) is 6. The summed E-state index contributed by atoms with van der Waals surface area (Å²) in [6, 6.07) is 6.28. The summed E-state index contributed by atoms with van der Waals surface area (Å²) in [4.78, 5) is 11.2. The van der Waals surface area contributed by atoms with Gasteiger partial charge in [0.15, 0.2) is 9.84 Å². The number of hydrogen-bond donors (Lipinski definition) is 0. The summed E-state index contributed by atoms with van der Waals surface area (Å²) in [6.45, 7) is -0.0687. The van der Waals surface area contributed by atoms with Crippen molar-refractivity contribution in [2.45, 2.75) is 17.9 Å². The molecule has 0 aliphatic rings. The fourth-order valence-electron chi connectivity index (χ4n) is 1.77. The fourth-order valence-corrected chi connectivity index (χ4v) is 3.61. The summed E-state index contributed by atoms with van der Waals surface area (Å²) in [5.74, 6) is -0.603. The summed E-state index contributed by atoms with van der Waals surface area (Å²) in [5, 5.41) is 7.76. The summed E-state index contributed by atoms with van der Waals surface area (Å²) < 4.78 is 30.3. The van der Waals surface area contributed by atoms with E-state index in [0.29, 0.717) is 5.69 Å². The Morgan fingerprint density at radius 1 is 1.36 bits per heavy atom. The van der Waals surface area contributed by atoms with Gasteiger partial charge < -0.3 is 4.74 Å². The lowest BCUT2D eigenvalue weighted by Gasteiger charge is -2.04. The van der Waals surface area contributed by atoms with Gasteiger partial charge in [0, 0.05) is 12.6 Å². The Balaban J connectivity index is 2.04. The van der Waals surface area contributed by atoms with Crippen molar-refractivity contribution in [2.24, 2.45) is 0 Å². The molecule has 0 amide bonds. The van der Waals surface area contributed by atoms with Crippen molar-refractivity contribution in [3.05, 3.63) is 41.2 Å². The van der Waals surface area contributed by atoms with Crippen LogP contribution in [-0.4, -0.2) is 42.2 Å². The van der Waals surface area contributed by atoms with Gasteiger partial charge in [-0.3, -0.25) is 4.79 Å². The average molecular weight is 344 g/mol. The zero-order valence-corrected chi connectivity index (χ0v) is 13.3. The topological polar surface area (TPSA) is 91.2 Å². The Morgan fingerprint density at radius 3 is 2.77 bits per heavy atom. The number of ether oxygens (including phenoxy) is 1. The highest BCUT2D eigenvalue weighted by molar-refractivity contribution is 7.91. The number of rotatable bonds is 6. The van der Waals surface area contributed by atoms with E-state index in [2.05, 4.69) is 15.0 Å². The van der Waals surface area contributed by atoms with Crippen LogP contribution in [-0.2, 0) is 32.3 Å². The third kappa shape index (κ3) is 4.05. The van der Waals surface area contributed by atoms with Crippen LogP contribution < -0.4 is 0 Å². The van der Waals surface area contributed by atoms with Gasteiger partial charge in [-0.25, -0.2) is 13.1 Å². The van der Waals surface area contributed by atoms with Gasteiger partial charge >= 0.3 is 5.97 Å². The van der Waals surface area contributed by atoms with Crippen molar-refractivity contribution in [3.63, 3.8) is 0 Å². The molecule has 0 saturated carbocycles. The number of carbonyl (C=O) groups excluding carboxylic acids is 1. The smallest absolute Gasteiger partial charge is 0.327 e. The highest BCUT2D eigenvalue weighted by atomic mass is 35.5. The minimum Gasteiger partial charge on any atom is -0.468 e. The largest absolute Gasteiger partial charge is 0.468 e. The Bertz CT molecular complexity index is 773. The van der Waals surface area contributed by atoms with Crippen LogP contribution in [0.4, 0.5) is 0 Å². The van der Waals surface area contributed by atoms with Crippen LogP contribution in [0, 0.1) is 0 Å². The number of aromatic nitrogens is 3. The van der Waals surface area contributed by atoms with Crippen LogP contribution in [0.5, 0.6) is 0 Å². The standard InChI is InChI=1S/C13H14ClN3O4S/c1-21-13(18)9-17-8-10(15-16-17)6-7-22(19,20)12-5-3-2-4-11(12)14/h2-5,8H,6-7,9H2,1H3. The van der Waals surface area contributed by atoms with E-state index in [9.17, 15) is 13.2 Å². The van der Waals surface area contributed by atoms with E-state index < -0.39 is 15.8 Å². The lowest BCUT2D eigenvalue weighted by molar-refractivity contribution is -0.141. The third-order valence-electron chi connectivity index (χ3n) is 2.90. The zero-order chi connectivity index (χ0) is 16.2. The number of aryl methyl sites for hydroxylation is 1. The van der Waals surface area contributed by atoms with Gasteiger partial charge in [-0.15, -0.1) is 5.10 Å². The molecule has 2 aromatic rings. The van der Waals surface area contributed by atoms with Gasteiger partial charge in [0.1, 0.15) is 6.54 Å². The van der Waals surface area contributed by atoms with Crippen LogP contribution in [0.3, 0.4) is 0 Å². The van der Waals surface area contributed by atoms with Gasteiger partial charge in [0.2, 0.25) is 0 Å². The molecule has 0 fully saturated rings. The first-order valence-corrected chi connectivity index (χ1v) is 8.38. The van der Waals surface area contributed by atoms with E-state index >= 15 is 0 Å². The van der Waals surface area contributed by atoms with Crippen LogP contribution in [0.1, 0.15) is 5.69 Å². The van der Waals surface area contributed by atoms with Gasteiger partial charge in [-0.1, -0.05) is 28.9 Å². The predicted octanol–water partition coefficient (Wildman–Crippen LogP) is 1.12. The van der Waals surface area contributed by atoms with Crippen molar-refractivity contribution in [3.8, 4) is 0 Å². The number of sulfone groups is 1. The van der Waals surface area contributed by atoms with Gasteiger partial charge in [-0.2, -0.15) is 0 Å². The van der Waals surface area contributed by atoms with Gasteiger partial charge in [0.05, 0.1) is 28.5 Å². The second kappa shape index (κ2) is 6.89. The van der Waals surface area contributed by atoms with Crippen LogP contribution in [0.2, 0.25) is 5.02 Å².